The van der Waals surface area contributed by atoms with Gasteiger partial charge in [0, 0.05) is 10.9 Å². The third-order valence-corrected chi connectivity index (χ3v) is 4.39. The van der Waals surface area contributed by atoms with E-state index in [0.717, 1.165) is 5.56 Å². The number of rotatable bonds is 7. The quantitative estimate of drug-likeness (QED) is 0.603. The zero-order chi connectivity index (χ0) is 19.9. The molecule has 1 heterocycles. The summed E-state index contributed by atoms with van der Waals surface area (Å²) in [6.45, 7) is 1.76. The molecule has 1 amide bonds. The van der Waals surface area contributed by atoms with Gasteiger partial charge in [0.25, 0.3) is 5.91 Å². The molecule has 0 atom stereocenters. The van der Waals surface area contributed by atoms with Crippen molar-refractivity contribution in [3.63, 3.8) is 0 Å². The third kappa shape index (κ3) is 4.92. The predicted octanol–water partition coefficient (Wildman–Crippen LogP) is 4.14. The molecular weight excluding hydrogens is 383 g/mol. The highest BCUT2D eigenvalue weighted by Crippen LogP contribution is 2.25. The number of nitrogens with zero attached hydrogens (tertiary/aromatic N) is 1. The van der Waals surface area contributed by atoms with Crippen LogP contribution in [0.25, 0.3) is 11.3 Å². The van der Waals surface area contributed by atoms with Gasteiger partial charge in [-0.25, -0.2) is 14.2 Å². The average Bonchev–Trinajstić information content (AvgIpc) is 3.16. The molecule has 1 aromatic heterocycles. The largest absolute Gasteiger partial charge is 0.493 e. The molecule has 0 saturated heterocycles. The van der Waals surface area contributed by atoms with Gasteiger partial charge >= 0.3 is 5.97 Å². The highest BCUT2D eigenvalue weighted by atomic mass is 32.1. The molecular formula is C20H17FN2O4S. The summed E-state index contributed by atoms with van der Waals surface area (Å²) in [6, 6.07) is 12.6. The average molecular weight is 400 g/mol. The summed E-state index contributed by atoms with van der Waals surface area (Å²) in [5.74, 6) is -1.09. The highest BCUT2D eigenvalue weighted by molar-refractivity contribution is 7.14. The molecule has 0 aliphatic carbocycles. The van der Waals surface area contributed by atoms with Gasteiger partial charge in [-0.2, -0.15) is 0 Å². The topological polar surface area (TPSA) is 77.5 Å². The van der Waals surface area contributed by atoms with Crippen molar-refractivity contribution in [3.8, 4) is 17.0 Å². The monoisotopic (exact) mass is 400 g/mol. The number of amides is 1. The van der Waals surface area contributed by atoms with Crippen LogP contribution in [0.5, 0.6) is 5.75 Å². The van der Waals surface area contributed by atoms with Crippen molar-refractivity contribution in [2.75, 3.05) is 18.5 Å². The summed E-state index contributed by atoms with van der Waals surface area (Å²) in [7, 11) is 0. The van der Waals surface area contributed by atoms with Crippen molar-refractivity contribution in [2.45, 2.75) is 6.92 Å². The molecule has 28 heavy (non-hydrogen) atoms. The summed E-state index contributed by atoms with van der Waals surface area (Å²) in [5, 5.41) is 4.68. The van der Waals surface area contributed by atoms with E-state index in [-0.39, 0.29) is 11.4 Å². The van der Waals surface area contributed by atoms with Crippen molar-refractivity contribution < 1.29 is 23.5 Å². The van der Waals surface area contributed by atoms with Gasteiger partial charge in [-0.1, -0.05) is 12.1 Å². The minimum atomic E-state index is -0.648. The van der Waals surface area contributed by atoms with E-state index in [9.17, 15) is 14.0 Å². The molecule has 0 fully saturated rings. The number of hydrogen-bond donors (Lipinski definition) is 1. The normalized spacial score (nSPS) is 10.4. The molecule has 144 valence electrons. The predicted molar refractivity (Wildman–Crippen MR) is 104 cm³/mol. The fourth-order valence-corrected chi connectivity index (χ4v) is 3.10. The van der Waals surface area contributed by atoms with Gasteiger partial charge < -0.3 is 9.47 Å². The van der Waals surface area contributed by atoms with E-state index in [1.54, 1.807) is 41.8 Å². The van der Waals surface area contributed by atoms with Crippen LogP contribution in [0.15, 0.2) is 53.9 Å². The second-order valence-corrected chi connectivity index (χ2v) is 6.46. The van der Waals surface area contributed by atoms with E-state index in [1.807, 2.05) is 6.92 Å². The molecule has 0 saturated carbocycles. The summed E-state index contributed by atoms with van der Waals surface area (Å²) in [4.78, 5) is 28.5. The number of ether oxygens (including phenoxy) is 2. The Bertz CT molecular complexity index is 972. The zero-order valence-corrected chi connectivity index (χ0v) is 15.8. The second kappa shape index (κ2) is 9.09. The summed E-state index contributed by atoms with van der Waals surface area (Å²) in [5.41, 5.74) is 1.60. The van der Waals surface area contributed by atoms with Crippen LogP contribution in [0.1, 0.15) is 17.3 Å². The first-order valence-electron chi connectivity index (χ1n) is 8.47. The van der Waals surface area contributed by atoms with Gasteiger partial charge in [0.15, 0.2) is 11.7 Å². The molecule has 0 aliphatic heterocycles. The summed E-state index contributed by atoms with van der Waals surface area (Å²) >= 11 is 1.22. The Hall–Kier alpha value is -3.26. The third-order valence-electron chi connectivity index (χ3n) is 3.63. The molecule has 2 aromatic carbocycles. The number of nitrogens with one attached hydrogen (secondary N) is 1. The number of carbonyl (C=O) groups excluding carboxylic acids is 2. The first-order valence-corrected chi connectivity index (χ1v) is 9.35. The standard InChI is InChI=1S/C20H17FN2O4S/c1-2-26-17-6-4-3-5-15(17)19(25)27-11-18(24)23-20-22-16(12-28-20)13-7-9-14(21)10-8-13/h3-10,12H,2,11H2,1H3,(H,22,23,24). The number of aromatic nitrogens is 1. The number of para-hydroxylation sites is 1. The van der Waals surface area contributed by atoms with E-state index < -0.39 is 18.5 Å². The molecule has 0 spiro atoms. The van der Waals surface area contributed by atoms with Crippen LogP contribution in [0.2, 0.25) is 0 Å². The molecule has 0 unspecified atom stereocenters. The van der Waals surface area contributed by atoms with E-state index in [2.05, 4.69) is 10.3 Å². The zero-order valence-electron chi connectivity index (χ0n) is 15.0. The number of hydrogen-bond acceptors (Lipinski definition) is 6. The number of thiazole rings is 1. The number of halogens is 1. The lowest BCUT2D eigenvalue weighted by Gasteiger charge is -2.09. The van der Waals surface area contributed by atoms with Gasteiger partial charge in [-0.15, -0.1) is 11.3 Å². The molecule has 1 N–H and O–H groups in total. The SMILES string of the molecule is CCOc1ccccc1C(=O)OCC(=O)Nc1nc(-c2ccc(F)cc2)cs1. The number of esters is 1. The Kier molecular flexibility index (Phi) is 6.33. The lowest BCUT2D eigenvalue weighted by Crippen LogP contribution is -2.21. The van der Waals surface area contributed by atoms with Gasteiger partial charge in [0.1, 0.15) is 17.1 Å². The van der Waals surface area contributed by atoms with Gasteiger partial charge in [0.2, 0.25) is 0 Å². The number of benzene rings is 2. The van der Waals surface area contributed by atoms with Crippen LogP contribution in [-0.4, -0.2) is 30.1 Å². The first kappa shape index (κ1) is 19.5. The maximum absolute atomic E-state index is 13.0. The van der Waals surface area contributed by atoms with Crippen molar-refractivity contribution >= 4 is 28.3 Å². The minimum absolute atomic E-state index is 0.255. The molecule has 3 rings (SSSR count). The molecule has 6 nitrogen and oxygen atoms in total. The van der Waals surface area contributed by atoms with E-state index in [1.165, 1.54) is 23.5 Å². The van der Waals surface area contributed by atoms with E-state index in [4.69, 9.17) is 9.47 Å². The van der Waals surface area contributed by atoms with E-state index >= 15 is 0 Å². The lowest BCUT2D eigenvalue weighted by atomic mass is 10.2. The van der Waals surface area contributed by atoms with Crippen LogP contribution in [0, 0.1) is 5.82 Å². The first-order chi connectivity index (χ1) is 13.6. The fraction of sp³-hybridized carbons (Fsp3) is 0.150. The van der Waals surface area contributed by atoms with Crippen LogP contribution < -0.4 is 10.1 Å². The van der Waals surface area contributed by atoms with Gasteiger partial charge in [-0.05, 0) is 43.3 Å². The Morgan fingerprint density at radius 3 is 2.64 bits per heavy atom. The van der Waals surface area contributed by atoms with Gasteiger partial charge in [0.05, 0.1) is 12.3 Å². The molecule has 3 aromatic rings. The lowest BCUT2D eigenvalue weighted by molar-refractivity contribution is -0.119. The number of carbonyl (C=O) groups is 2. The highest BCUT2D eigenvalue weighted by Gasteiger charge is 2.16. The maximum atomic E-state index is 13.0. The number of anilines is 1. The van der Waals surface area contributed by atoms with E-state index in [0.29, 0.717) is 23.2 Å². The van der Waals surface area contributed by atoms with Crippen molar-refractivity contribution in [2.24, 2.45) is 0 Å². The molecule has 0 bridgehead atoms. The second-order valence-electron chi connectivity index (χ2n) is 5.60. The van der Waals surface area contributed by atoms with Crippen LogP contribution in [-0.2, 0) is 9.53 Å². The Morgan fingerprint density at radius 1 is 1.14 bits per heavy atom. The smallest absolute Gasteiger partial charge is 0.342 e. The molecule has 0 radical (unpaired) electrons. The van der Waals surface area contributed by atoms with Crippen LogP contribution >= 0.6 is 11.3 Å². The van der Waals surface area contributed by atoms with Crippen LogP contribution in [0.4, 0.5) is 9.52 Å². The summed E-state index contributed by atoms with van der Waals surface area (Å²) < 4.78 is 23.4. The Balaban J connectivity index is 1.56. The summed E-state index contributed by atoms with van der Waals surface area (Å²) in [6.07, 6.45) is 0. The maximum Gasteiger partial charge on any atom is 0.342 e. The minimum Gasteiger partial charge on any atom is -0.493 e. The van der Waals surface area contributed by atoms with Crippen molar-refractivity contribution in [1.82, 2.24) is 4.98 Å². The Morgan fingerprint density at radius 2 is 1.89 bits per heavy atom. The van der Waals surface area contributed by atoms with Crippen molar-refractivity contribution in [1.29, 1.82) is 0 Å². The fourth-order valence-electron chi connectivity index (χ4n) is 2.37. The Labute approximate surface area is 164 Å². The molecule has 8 heteroatoms. The van der Waals surface area contributed by atoms with Gasteiger partial charge in [-0.3, -0.25) is 10.1 Å². The van der Waals surface area contributed by atoms with Crippen molar-refractivity contribution in [3.05, 3.63) is 65.3 Å². The van der Waals surface area contributed by atoms with Crippen LogP contribution in [0.3, 0.4) is 0 Å². The molecule has 0 aliphatic rings.